The molecule has 1 aromatic carbocycles. The SMILES string of the molecule is CC1(CNC(=O)c2cccc(/C(N)=N/O)c2)CCC1. The van der Waals surface area contributed by atoms with Crippen molar-refractivity contribution in [3.8, 4) is 0 Å². The summed E-state index contributed by atoms with van der Waals surface area (Å²) in [6.07, 6.45) is 3.57. The quantitative estimate of drug-likeness (QED) is 0.333. The number of carbonyl (C=O) groups excluding carboxylic acids is 1. The highest BCUT2D eigenvalue weighted by Crippen LogP contribution is 2.39. The topological polar surface area (TPSA) is 87.7 Å². The van der Waals surface area contributed by atoms with Gasteiger partial charge in [-0.2, -0.15) is 0 Å². The zero-order valence-corrected chi connectivity index (χ0v) is 11.0. The highest BCUT2D eigenvalue weighted by molar-refractivity contribution is 6.01. The molecule has 1 aliphatic carbocycles. The summed E-state index contributed by atoms with van der Waals surface area (Å²) in [5.41, 5.74) is 6.81. The van der Waals surface area contributed by atoms with Gasteiger partial charge in [0.05, 0.1) is 0 Å². The van der Waals surface area contributed by atoms with E-state index in [4.69, 9.17) is 10.9 Å². The third-order valence-electron chi connectivity index (χ3n) is 3.76. The molecule has 0 saturated heterocycles. The number of benzene rings is 1. The normalized spacial score (nSPS) is 17.6. The Bertz CT molecular complexity index is 507. The number of amidine groups is 1. The Kier molecular flexibility index (Phi) is 3.74. The first-order chi connectivity index (χ1) is 9.04. The first-order valence-corrected chi connectivity index (χ1v) is 6.40. The summed E-state index contributed by atoms with van der Waals surface area (Å²) in [5.74, 6) is -0.124. The van der Waals surface area contributed by atoms with Crippen molar-refractivity contribution in [1.82, 2.24) is 5.32 Å². The molecule has 0 spiro atoms. The van der Waals surface area contributed by atoms with Crippen LogP contribution in [0, 0.1) is 5.41 Å². The lowest BCUT2D eigenvalue weighted by atomic mass is 9.70. The van der Waals surface area contributed by atoms with E-state index < -0.39 is 0 Å². The van der Waals surface area contributed by atoms with E-state index in [2.05, 4.69) is 17.4 Å². The van der Waals surface area contributed by atoms with Gasteiger partial charge in [0.25, 0.3) is 5.91 Å². The third-order valence-corrected chi connectivity index (χ3v) is 3.76. The van der Waals surface area contributed by atoms with E-state index in [9.17, 15) is 4.79 Å². The molecule has 102 valence electrons. The molecule has 1 aromatic rings. The summed E-state index contributed by atoms with van der Waals surface area (Å²) in [4.78, 5) is 12.0. The molecular formula is C14H19N3O2. The number of oxime groups is 1. The highest BCUT2D eigenvalue weighted by Gasteiger charge is 2.31. The summed E-state index contributed by atoms with van der Waals surface area (Å²) in [6, 6.07) is 6.74. The van der Waals surface area contributed by atoms with Crippen molar-refractivity contribution >= 4 is 11.7 Å². The van der Waals surface area contributed by atoms with Crippen molar-refractivity contribution in [2.24, 2.45) is 16.3 Å². The fraction of sp³-hybridized carbons (Fsp3) is 0.429. The molecule has 1 saturated carbocycles. The Morgan fingerprint density at radius 1 is 1.47 bits per heavy atom. The molecule has 0 unspecified atom stereocenters. The Balaban J connectivity index is 2.02. The lowest BCUT2D eigenvalue weighted by Gasteiger charge is -2.38. The van der Waals surface area contributed by atoms with Crippen molar-refractivity contribution in [3.05, 3.63) is 35.4 Å². The van der Waals surface area contributed by atoms with Crippen LogP contribution in [0.4, 0.5) is 0 Å². The van der Waals surface area contributed by atoms with E-state index in [1.807, 2.05) is 0 Å². The molecule has 5 heteroatoms. The monoisotopic (exact) mass is 261 g/mol. The molecule has 5 nitrogen and oxygen atoms in total. The molecule has 1 aliphatic rings. The second-order valence-electron chi connectivity index (χ2n) is 5.41. The molecule has 0 bridgehead atoms. The van der Waals surface area contributed by atoms with Crippen LogP contribution in [0.3, 0.4) is 0 Å². The van der Waals surface area contributed by atoms with Crippen molar-refractivity contribution in [1.29, 1.82) is 0 Å². The second kappa shape index (κ2) is 5.30. The average molecular weight is 261 g/mol. The second-order valence-corrected chi connectivity index (χ2v) is 5.41. The number of rotatable bonds is 4. The highest BCUT2D eigenvalue weighted by atomic mass is 16.4. The fourth-order valence-corrected chi connectivity index (χ4v) is 2.23. The van der Waals surface area contributed by atoms with Gasteiger partial charge >= 0.3 is 0 Å². The van der Waals surface area contributed by atoms with Crippen molar-refractivity contribution in [3.63, 3.8) is 0 Å². The smallest absolute Gasteiger partial charge is 0.251 e. The molecule has 0 atom stereocenters. The van der Waals surface area contributed by atoms with E-state index in [1.165, 1.54) is 6.42 Å². The molecule has 1 fully saturated rings. The van der Waals surface area contributed by atoms with Crippen LogP contribution in [0.25, 0.3) is 0 Å². The van der Waals surface area contributed by atoms with Crippen LogP contribution in [0.15, 0.2) is 29.4 Å². The minimum atomic E-state index is -0.124. The predicted octanol–water partition coefficient (Wildman–Crippen LogP) is 1.70. The maximum absolute atomic E-state index is 12.0. The number of nitrogens with two attached hydrogens (primary N) is 1. The Morgan fingerprint density at radius 3 is 2.74 bits per heavy atom. The summed E-state index contributed by atoms with van der Waals surface area (Å²) < 4.78 is 0. The minimum absolute atomic E-state index is 0.000560. The van der Waals surface area contributed by atoms with Crippen LogP contribution in [0.5, 0.6) is 0 Å². The molecule has 4 N–H and O–H groups in total. The van der Waals surface area contributed by atoms with Gasteiger partial charge in [0, 0.05) is 17.7 Å². The largest absolute Gasteiger partial charge is 0.409 e. The predicted molar refractivity (Wildman–Crippen MR) is 73.2 cm³/mol. The van der Waals surface area contributed by atoms with Gasteiger partial charge in [-0.3, -0.25) is 4.79 Å². The summed E-state index contributed by atoms with van der Waals surface area (Å²) in [7, 11) is 0. The Morgan fingerprint density at radius 2 is 2.16 bits per heavy atom. The number of amides is 1. The first-order valence-electron chi connectivity index (χ1n) is 6.40. The summed E-state index contributed by atoms with van der Waals surface area (Å²) in [5, 5.41) is 14.5. The third kappa shape index (κ3) is 3.05. The Hall–Kier alpha value is -2.04. The van der Waals surface area contributed by atoms with E-state index in [1.54, 1.807) is 24.3 Å². The van der Waals surface area contributed by atoms with Gasteiger partial charge in [0.2, 0.25) is 0 Å². The zero-order chi connectivity index (χ0) is 13.9. The fourth-order valence-electron chi connectivity index (χ4n) is 2.23. The van der Waals surface area contributed by atoms with Gasteiger partial charge < -0.3 is 16.3 Å². The van der Waals surface area contributed by atoms with Crippen LogP contribution in [0.1, 0.15) is 42.1 Å². The molecule has 0 aromatic heterocycles. The maximum Gasteiger partial charge on any atom is 0.251 e. The van der Waals surface area contributed by atoms with Crippen LogP contribution in [-0.2, 0) is 0 Å². The van der Waals surface area contributed by atoms with Gasteiger partial charge in [-0.25, -0.2) is 0 Å². The molecule has 0 aliphatic heterocycles. The van der Waals surface area contributed by atoms with Crippen LogP contribution in [-0.4, -0.2) is 23.5 Å². The van der Waals surface area contributed by atoms with Gasteiger partial charge in [0.1, 0.15) is 0 Å². The molecular weight excluding hydrogens is 242 g/mol. The van der Waals surface area contributed by atoms with Crippen molar-refractivity contribution < 1.29 is 10.0 Å². The minimum Gasteiger partial charge on any atom is -0.409 e. The number of hydrogen-bond donors (Lipinski definition) is 3. The van der Waals surface area contributed by atoms with Crippen LogP contribution >= 0.6 is 0 Å². The van der Waals surface area contributed by atoms with E-state index in [0.717, 1.165) is 12.8 Å². The molecule has 2 rings (SSSR count). The number of nitrogens with zero attached hydrogens (tertiary/aromatic N) is 1. The average Bonchev–Trinajstić information content (AvgIpc) is 2.41. The van der Waals surface area contributed by atoms with Crippen LogP contribution in [0.2, 0.25) is 0 Å². The van der Waals surface area contributed by atoms with Gasteiger partial charge in [0.15, 0.2) is 5.84 Å². The van der Waals surface area contributed by atoms with E-state index in [-0.39, 0.29) is 17.2 Å². The summed E-state index contributed by atoms with van der Waals surface area (Å²) in [6.45, 7) is 2.88. The van der Waals surface area contributed by atoms with Gasteiger partial charge in [-0.1, -0.05) is 30.6 Å². The van der Waals surface area contributed by atoms with Crippen molar-refractivity contribution in [2.75, 3.05) is 6.54 Å². The Labute approximate surface area is 112 Å². The zero-order valence-electron chi connectivity index (χ0n) is 11.0. The van der Waals surface area contributed by atoms with Gasteiger partial charge in [-0.05, 0) is 30.4 Å². The number of carbonyl (C=O) groups is 1. The number of hydrogen-bond acceptors (Lipinski definition) is 3. The van der Waals surface area contributed by atoms with Gasteiger partial charge in [-0.15, -0.1) is 0 Å². The first kappa shape index (κ1) is 13.4. The molecule has 19 heavy (non-hydrogen) atoms. The molecule has 1 amide bonds. The summed E-state index contributed by atoms with van der Waals surface area (Å²) >= 11 is 0. The maximum atomic E-state index is 12.0. The number of nitrogens with one attached hydrogen (secondary N) is 1. The standard InChI is InChI=1S/C14H19N3O2/c1-14(6-3-7-14)9-16-13(18)11-5-2-4-10(8-11)12(15)17-19/h2,4-5,8,19H,3,6-7,9H2,1H3,(H2,15,17)(H,16,18). The lowest BCUT2D eigenvalue weighted by Crippen LogP contribution is -2.40. The molecule has 0 heterocycles. The van der Waals surface area contributed by atoms with Crippen LogP contribution < -0.4 is 11.1 Å². The molecule has 0 radical (unpaired) electrons. The van der Waals surface area contributed by atoms with Crippen molar-refractivity contribution in [2.45, 2.75) is 26.2 Å². The lowest BCUT2D eigenvalue weighted by molar-refractivity contribution is 0.0891. The van der Waals surface area contributed by atoms with E-state index in [0.29, 0.717) is 17.7 Å². The van der Waals surface area contributed by atoms with E-state index >= 15 is 0 Å².